The van der Waals surface area contributed by atoms with Gasteiger partial charge in [-0.3, -0.25) is 4.68 Å². The van der Waals surface area contributed by atoms with Crippen LogP contribution in [0.1, 0.15) is 44.2 Å². The van der Waals surface area contributed by atoms with Gasteiger partial charge in [0.15, 0.2) is 5.65 Å². The number of hydrogen-bond acceptors (Lipinski definition) is 8. The Balaban J connectivity index is 1.36. The first kappa shape index (κ1) is 24.9. The van der Waals surface area contributed by atoms with Crippen LogP contribution in [0.5, 0.6) is 0 Å². The van der Waals surface area contributed by atoms with Gasteiger partial charge in [0.25, 0.3) is 10.0 Å². The highest BCUT2D eigenvalue weighted by Gasteiger charge is 2.29. The number of anilines is 3. The van der Waals surface area contributed by atoms with Crippen molar-refractivity contribution in [2.24, 2.45) is 5.92 Å². The number of aryl methyl sites for hydroxylation is 1. The van der Waals surface area contributed by atoms with Crippen molar-refractivity contribution in [2.75, 3.05) is 30.8 Å². The summed E-state index contributed by atoms with van der Waals surface area (Å²) in [4.78, 5) is 12.0. The molecule has 6 rings (SSSR count). The van der Waals surface area contributed by atoms with Crippen LogP contribution in [0.3, 0.4) is 0 Å². The largest absolute Gasteiger partial charge is 0.367 e. The predicted octanol–water partition coefficient (Wildman–Crippen LogP) is 4.39. The topological polar surface area (TPSA) is 110 Å². The second-order valence-corrected chi connectivity index (χ2v) is 12.5. The van der Waals surface area contributed by atoms with E-state index in [1.54, 1.807) is 42.7 Å². The predicted molar refractivity (Wildman–Crippen MR) is 148 cm³/mol. The molecule has 10 nitrogen and oxygen atoms in total. The van der Waals surface area contributed by atoms with Gasteiger partial charge in [0.1, 0.15) is 5.82 Å². The van der Waals surface area contributed by atoms with E-state index in [9.17, 15) is 8.42 Å². The minimum absolute atomic E-state index is 0.217. The molecule has 38 heavy (non-hydrogen) atoms. The zero-order valence-corrected chi connectivity index (χ0v) is 22.8. The minimum Gasteiger partial charge on any atom is -0.367 e. The Hall–Kier alpha value is -3.44. The number of benzene rings is 1. The number of nitrogens with one attached hydrogen (secondary N) is 2. The quantitative estimate of drug-likeness (QED) is 0.342. The van der Waals surface area contributed by atoms with Gasteiger partial charge < -0.3 is 15.5 Å². The van der Waals surface area contributed by atoms with Crippen LogP contribution in [0, 0.1) is 12.8 Å². The lowest BCUT2D eigenvalue weighted by Gasteiger charge is -2.28. The fourth-order valence-electron chi connectivity index (χ4n) is 5.10. The maximum Gasteiger partial charge on any atom is 0.269 e. The van der Waals surface area contributed by atoms with Crippen LogP contribution < -0.4 is 10.6 Å². The number of rotatable bonds is 8. The summed E-state index contributed by atoms with van der Waals surface area (Å²) < 4.78 is 30.4. The number of nitrogens with zero attached hydrogens (tertiary/aromatic N) is 6. The lowest BCUT2D eigenvalue weighted by atomic mass is 10.1. The van der Waals surface area contributed by atoms with Gasteiger partial charge in [-0.25, -0.2) is 12.4 Å². The van der Waals surface area contributed by atoms with E-state index in [2.05, 4.69) is 39.6 Å². The van der Waals surface area contributed by atoms with Crippen molar-refractivity contribution in [1.82, 2.24) is 28.6 Å². The Labute approximate surface area is 223 Å². The fraction of sp³-hybridized carbons (Fsp3) is 0.444. The van der Waals surface area contributed by atoms with Gasteiger partial charge in [0.05, 0.1) is 28.2 Å². The van der Waals surface area contributed by atoms with Crippen LogP contribution in [0.25, 0.3) is 11.0 Å². The lowest BCUT2D eigenvalue weighted by Crippen LogP contribution is -2.31. The van der Waals surface area contributed by atoms with Crippen molar-refractivity contribution >= 4 is 38.5 Å². The van der Waals surface area contributed by atoms with Crippen molar-refractivity contribution in [3.05, 3.63) is 54.5 Å². The molecule has 200 valence electrons. The van der Waals surface area contributed by atoms with E-state index in [4.69, 9.17) is 4.98 Å². The smallest absolute Gasteiger partial charge is 0.269 e. The van der Waals surface area contributed by atoms with Gasteiger partial charge in [-0.2, -0.15) is 15.1 Å². The summed E-state index contributed by atoms with van der Waals surface area (Å²) in [6.07, 6.45) is 9.79. The summed E-state index contributed by atoms with van der Waals surface area (Å²) in [6.45, 7) is 6.17. The number of hydrogen-bond donors (Lipinski definition) is 2. The fourth-order valence-corrected chi connectivity index (χ4v) is 6.39. The van der Waals surface area contributed by atoms with E-state index >= 15 is 0 Å². The normalized spacial score (nSPS) is 18.1. The molecule has 0 amide bonds. The zero-order valence-electron chi connectivity index (χ0n) is 22.0. The Morgan fingerprint density at radius 1 is 1.03 bits per heavy atom. The molecule has 2 fully saturated rings. The second-order valence-electron chi connectivity index (χ2n) is 10.7. The molecule has 1 atom stereocenters. The van der Waals surface area contributed by atoms with Crippen LogP contribution in [-0.2, 0) is 10.0 Å². The molecule has 3 aromatic heterocycles. The van der Waals surface area contributed by atoms with Gasteiger partial charge in [-0.1, -0.05) is 17.7 Å². The van der Waals surface area contributed by atoms with E-state index in [1.807, 2.05) is 17.8 Å². The molecule has 1 saturated heterocycles. The third kappa shape index (κ3) is 4.88. The summed E-state index contributed by atoms with van der Waals surface area (Å²) >= 11 is 0. The van der Waals surface area contributed by atoms with Gasteiger partial charge in [0.2, 0.25) is 5.95 Å². The van der Waals surface area contributed by atoms with Crippen molar-refractivity contribution in [2.45, 2.75) is 56.5 Å². The van der Waals surface area contributed by atoms with Gasteiger partial charge in [-0.05, 0) is 83.8 Å². The molecule has 1 aromatic carbocycles. The highest BCUT2D eigenvalue weighted by Crippen LogP contribution is 2.35. The first-order chi connectivity index (χ1) is 18.3. The summed E-state index contributed by atoms with van der Waals surface area (Å²) in [5, 5.41) is 12.0. The van der Waals surface area contributed by atoms with E-state index in [-0.39, 0.29) is 10.9 Å². The van der Waals surface area contributed by atoms with Crippen molar-refractivity contribution in [1.29, 1.82) is 0 Å². The van der Waals surface area contributed by atoms with Crippen LogP contribution in [-0.4, -0.2) is 63.2 Å². The molecule has 0 radical (unpaired) electrons. The molecule has 1 saturated carbocycles. The van der Waals surface area contributed by atoms with Crippen LogP contribution in [0.15, 0.2) is 53.8 Å². The van der Waals surface area contributed by atoms with E-state index < -0.39 is 10.0 Å². The molecule has 0 bridgehead atoms. The third-order valence-electron chi connectivity index (χ3n) is 7.70. The number of aromatic nitrogens is 5. The average molecular weight is 535 g/mol. The SMILES string of the molecule is Cc1ccc(S(=O)(=O)n2ccc3c(N[C@@H](C)C4CC4)nc(Nc4cnn(C5CCN(C)CC5)c4)nc32)cc1. The molecule has 0 unspecified atom stereocenters. The highest BCUT2D eigenvalue weighted by molar-refractivity contribution is 7.90. The molecule has 11 heteroatoms. The van der Waals surface area contributed by atoms with Crippen LogP contribution >= 0.6 is 0 Å². The highest BCUT2D eigenvalue weighted by atomic mass is 32.2. The van der Waals surface area contributed by atoms with Gasteiger partial charge in [0, 0.05) is 18.4 Å². The average Bonchev–Trinajstić information content (AvgIpc) is 3.50. The monoisotopic (exact) mass is 534 g/mol. The van der Waals surface area contributed by atoms with Gasteiger partial charge >= 0.3 is 0 Å². The standard InChI is InChI=1S/C27H34N8O2S/c1-18-4-8-23(9-5-18)38(36,37)35-15-12-24-25(29-19(2)20-6-7-20)31-27(32-26(24)35)30-21-16-28-34(17-21)22-10-13-33(3)14-11-22/h4-5,8-9,12,15-17,19-20,22H,6-7,10-11,13-14H2,1-3H3,(H2,29,30,31,32)/t19-/m0/s1. The molecule has 1 aliphatic carbocycles. The van der Waals surface area contributed by atoms with Crippen LogP contribution in [0.2, 0.25) is 0 Å². The van der Waals surface area contributed by atoms with Crippen LogP contribution in [0.4, 0.5) is 17.5 Å². The molecule has 4 heterocycles. The maximum absolute atomic E-state index is 13.6. The Kier molecular flexibility index (Phi) is 6.35. The van der Waals surface area contributed by atoms with Crippen molar-refractivity contribution in [3.8, 4) is 0 Å². The lowest BCUT2D eigenvalue weighted by molar-refractivity contribution is 0.212. The third-order valence-corrected chi connectivity index (χ3v) is 9.38. The second kappa shape index (κ2) is 9.70. The summed E-state index contributed by atoms with van der Waals surface area (Å²) in [6, 6.07) is 9.21. The molecule has 1 aliphatic heterocycles. The van der Waals surface area contributed by atoms with E-state index in [0.29, 0.717) is 34.8 Å². The maximum atomic E-state index is 13.6. The van der Waals surface area contributed by atoms with Crippen molar-refractivity contribution < 1.29 is 8.42 Å². The summed E-state index contributed by atoms with van der Waals surface area (Å²) in [5.41, 5.74) is 2.09. The van der Waals surface area contributed by atoms with E-state index in [0.717, 1.165) is 37.2 Å². The number of likely N-dealkylation sites (tertiary alicyclic amines) is 1. The minimum atomic E-state index is -3.84. The first-order valence-corrected chi connectivity index (χ1v) is 14.7. The number of fused-ring (bicyclic) bond motifs is 1. The molecule has 0 spiro atoms. The Morgan fingerprint density at radius 3 is 2.47 bits per heavy atom. The summed E-state index contributed by atoms with van der Waals surface area (Å²) in [5.74, 6) is 1.55. The van der Waals surface area contributed by atoms with Crippen molar-refractivity contribution in [3.63, 3.8) is 0 Å². The zero-order chi connectivity index (χ0) is 26.4. The Bertz CT molecular complexity index is 1550. The molecule has 4 aromatic rings. The summed E-state index contributed by atoms with van der Waals surface area (Å²) in [7, 11) is -1.70. The molecule has 2 aliphatic rings. The first-order valence-electron chi connectivity index (χ1n) is 13.3. The Morgan fingerprint density at radius 2 is 1.76 bits per heavy atom. The number of piperidine rings is 1. The molecule has 2 N–H and O–H groups in total. The van der Waals surface area contributed by atoms with E-state index in [1.165, 1.54) is 16.8 Å². The van der Waals surface area contributed by atoms with Gasteiger partial charge in [-0.15, -0.1) is 0 Å². The molecular formula is C27H34N8O2S. The molecular weight excluding hydrogens is 500 g/mol.